The summed E-state index contributed by atoms with van der Waals surface area (Å²) in [6.45, 7) is 4.65. The molecule has 1 atom stereocenters. The molecule has 0 aliphatic rings. The van der Waals surface area contributed by atoms with Gasteiger partial charge in [-0.15, -0.1) is 0 Å². The normalized spacial score (nSPS) is 11.7. The number of amides is 1. The average molecular weight is 372 g/mol. The van der Waals surface area contributed by atoms with Crippen LogP contribution in [0, 0.1) is 10.1 Å². The van der Waals surface area contributed by atoms with Crippen LogP contribution in [-0.2, 0) is 11.3 Å². The van der Waals surface area contributed by atoms with Gasteiger partial charge in [0.15, 0.2) is 0 Å². The number of hydrogen-bond donors (Lipinski definition) is 0. The summed E-state index contributed by atoms with van der Waals surface area (Å²) in [5, 5.41) is 11.0. The van der Waals surface area contributed by atoms with Gasteiger partial charge in [-0.05, 0) is 37.6 Å². The Kier molecular flexibility index (Phi) is 6.90. The van der Waals surface area contributed by atoms with Crippen molar-refractivity contribution in [3.8, 4) is 5.75 Å². The van der Waals surface area contributed by atoms with Gasteiger partial charge in [0.25, 0.3) is 11.6 Å². The van der Waals surface area contributed by atoms with E-state index in [4.69, 9.17) is 9.47 Å². The van der Waals surface area contributed by atoms with E-state index in [-0.39, 0.29) is 17.6 Å². The van der Waals surface area contributed by atoms with Crippen LogP contribution >= 0.6 is 0 Å². The molecule has 27 heavy (non-hydrogen) atoms. The molecule has 0 fully saturated rings. The maximum atomic E-state index is 12.9. The minimum absolute atomic E-state index is 0.00338. The largest absolute Gasteiger partial charge is 0.496 e. The number of rotatable bonds is 8. The van der Waals surface area contributed by atoms with Crippen LogP contribution in [0.2, 0.25) is 0 Å². The Morgan fingerprint density at radius 3 is 2.63 bits per heavy atom. The lowest BCUT2D eigenvalue weighted by molar-refractivity contribution is -0.384. The molecular formula is C20H24N2O5. The molecule has 0 aromatic heterocycles. The molecule has 2 rings (SSSR count). The first-order chi connectivity index (χ1) is 12.9. The zero-order valence-electron chi connectivity index (χ0n) is 16.0. The number of hydrogen-bond acceptors (Lipinski definition) is 5. The van der Waals surface area contributed by atoms with Crippen molar-refractivity contribution in [2.75, 3.05) is 20.8 Å². The highest BCUT2D eigenvalue weighted by molar-refractivity contribution is 5.94. The van der Waals surface area contributed by atoms with Crippen LogP contribution in [0.5, 0.6) is 5.75 Å². The molecular weight excluding hydrogens is 348 g/mol. The van der Waals surface area contributed by atoms with Crippen molar-refractivity contribution in [1.29, 1.82) is 0 Å². The van der Waals surface area contributed by atoms with Gasteiger partial charge in [-0.1, -0.05) is 12.1 Å². The molecule has 2 aromatic carbocycles. The van der Waals surface area contributed by atoms with Gasteiger partial charge in [0.05, 0.1) is 24.7 Å². The van der Waals surface area contributed by atoms with E-state index in [1.807, 2.05) is 13.8 Å². The molecule has 0 heterocycles. The Morgan fingerprint density at radius 2 is 2.00 bits per heavy atom. The number of nitrogens with zero attached hydrogens (tertiary/aromatic N) is 2. The van der Waals surface area contributed by atoms with E-state index in [1.165, 1.54) is 12.1 Å². The van der Waals surface area contributed by atoms with Gasteiger partial charge in [-0.3, -0.25) is 14.9 Å². The van der Waals surface area contributed by atoms with Crippen molar-refractivity contribution in [1.82, 2.24) is 4.90 Å². The maximum absolute atomic E-state index is 12.9. The van der Waals surface area contributed by atoms with Crippen LogP contribution in [0.3, 0.4) is 0 Å². The van der Waals surface area contributed by atoms with Crippen molar-refractivity contribution in [2.24, 2.45) is 0 Å². The summed E-state index contributed by atoms with van der Waals surface area (Å²) in [6.07, 6.45) is 0. The van der Waals surface area contributed by atoms with Crippen molar-refractivity contribution >= 4 is 11.6 Å². The summed E-state index contributed by atoms with van der Waals surface area (Å²) in [4.78, 5) is 25.0. The summed E-state index contributed by atoms with van der Waals surface area (Å²) in [7, 11) is 3.25. The number of nitro benzene ring substituents is 1. The van der Waals surface area contributed by atoms with Gasteiger partial charge in [0.2, 0.25) is 0 Å². The number of non-ortho nitro benzene ring substituents is 1. The van der Waals surface area contributed by atoms with Crippen molar-refractivity contribution < 1.29 is 19.2 Å². The van der Waals surface area contributed by atoms with Gasteiger partial charge in [0.1, 0.15) is 5.75 Å². The van der Waals surface area contributed by atoms with E-state index in [9.17, 15) is 14.9 Å². The lowest BCUT2D eigenvalue weighted by Crippen LogP contribution is -2.29. The number of benzene rings is 2. The zero-order chi connectivity index (χ0) is 20.0. The summed E-state index contributed by atoms with van der Waals surface area (Å²) in [5.74, 6) is 0.476. The summed E-state index contributed by atoms with van der Waals surface area (Å²) in [6, 6.07) is 11.2. The zero-order valence-corrected chi connectivity index (χ0v) is 16.0. The first-order valence-corrected chi connectivity index (χ1v) is 8.65. The van der Waals surface area contributed by atoms with E-state index in [0.29, 0.717) is 30.1 Å². The van der Waals surface area contributed by atoms with Crippen molar-refractivity contribution in [3.63, 3.8) is 0 Å². The monoisotopic (exact) mass is 372 g/mol. The number of methoxy groups -OCH3 is 1. The predicted octanol–water partition coefficient (Wildman–Crippen LogP) is 3.97. The summed E-state index contributed by atoms with van der Waals surface area (Å²) < 4.78 is 10.8. The third kappa shape index (κ3) is 4.83. The van der Waals surface area contributed by atoms with Gasteiger partial charge < -0.3 is 14.4 Å². The highest BCUT2D eigenvalue weighted by Crippen LogP contribution is 2.26. The first kappa shape index (κ1) is 20.4. The molecule has 2 aromatic rings. The maximum Gasteiger partial charge on any atom is 0.269 e. The fourth-order valence-electron chi connectivity index (χ4n) is 2.74. The van der Waals surface area contributed by atoms with Crippen LogP contribution in [-0.4, -0.2) is 36.5 Å². The van der Waals surface area contributed by atoms with Crippen LogP contribution in [0.15, 0.2) is 42.5 Å². The third-order valence-corrected chi connectivity index (χ3v) is 4.45. The SMILES string of the molecule is CCOCc1cc(C(=O)N(C)C(C)c2cccc([N+](=O)[O-])c2)ccc1OC. The van der Waals surface area contributed by atoms with E-state index in [0.717, 1.165) is 5.56 Å². The molecule has 0 N–H and O–H groups in total. The standard InChI is InChI=1S/C20H24N2O5/c1-5-27-13-17-11-16(9-10-19(17)26-4)20(23)21(3)14(2)15-7-6-8-18(12-15)22(24)25/h6-12,14H,5,13H2,1-4H3. The Hall–Kier alpha value is -2.93. The van der Waals surface area contributed by atoms with Crippen LogP contribution in [0.1, 0.15) is 41.4 Å². The fraction of sp³-hybridized carbons (Fsp3) is 0.350. The molecule has 0 aliphatic heterocycles. The topological polar surface area (TPSA) is 81.9 Å². The number of ether oxygens (including phenoxy) is 2. The molecule has 0 radical (unpaired) electrons. The predicted molar refractivity (Wildman–Crippen MR) is 102 cm³/mol. The Morgan fingerprint density at radius 1 is 1.26 bits per heavy atom. The molecule has 0 bridgehead atoms. The number of nitro groups is 1. The number of carbonyl (C=O) groups is 1. The van der Waals surface area contributed by atoms with Crippen molar-refractivity contribution in [2.45, 2.75) is 26.5 Å². The van der Waals surface area contributed by atoms with Crippen LogP contribution < -0.4 is 4.74 Å². The van der Waals surface area contributed by atoms with E-state index >= 15 is 0 Å². The summed E-state index contributed by atoms with van der Waals surface area (Å²) >= 11 is 0. The highest BCUT2D eigenvalue weighted by Gasteiger charge is 2.21. The molecule has 144 valence electrons. The molecule has 0 saturated heterocycles. The molecule has 7 heteroatoms. The summed E-state index contributed by atoms with van der Waals surface area (Å²) in [5.41, 5.74) is 2.00. The molecule has 0 aliphatic carbocycles. The second kappa shape index (κ2) is 9.14. The van der Waals surface area contributed by atoms with Gasteiger partial charge in [-0.2, -0.15) is 0 Å². The second-order valence-corrected chi connectivity index (χ2v) is 6.11. The molecule has 1 amide bonds. The Balaban J connectivity index is 2.25. The molecule has 1 unspecified atom stereocenters. The smallest absolute Gasteiger partial charge is 0.269 e. The minimum atomic E-state index is -0.443. The Labute approximate surface area is 158 Å². The molecule has 7 nitrogen and oxygen atoms in total. The average Bonchev–Trinajstić information content (AvgIpc) is 2.70. The Bertz CT molecular complexity index is 822. The third-order valence-electron chi connectivity index (χ3n) is 4.45. The van der Waals surface area contributed by atoms with Gasteiger partial charge >= 0.3 is 0 Å². The molecule has 0 spiro atoms. The quantitative estimate of drug-likeness (QED) is 0.517. The fourth-order valence-corrected chi connectivity index (χ4v) is 2.74. The first-order valence-electron chi connectivity index (χ1n) is 8.65. The van der Waals surface area contributed by atoms with Crippen LogP contribution in [0.25, 0.3) is 0 Å². The van der Waals surface area contributed by atoms with E-state index < -0.39 is 4.92 Å². The lowest BCUT2D eigenvalue weighted by atomic mass is 10.0. The van der Waals surface area contributed by atoms with Gasteiger partial charge in [0, 0.05) is 36.9 Å². The van der Waals surface area contributed by atoms with E-state index in [2.05, 4.69) is 0 Å². The second-order valence-electron chi connectivity index (χ2n) is 6.11. The minimum Gasteiger partial charge on any atom is -0.496 e. The number of carbonyl (C=O) groups excluding carboxylic acids is 1. The van der Waals surface area contributed by atoms with E-state index in [1.54, 1.807) is 49.4 Å². The lowest BCUT2D eigenvalue weighted by Gasteiger charge is -2.25. The molecule has 0 saturated carbocycles. The van der Waals surface area contributed by atoms with Crippen LogP contribution in [0.4, 0.5) is 5.69 Å². The van der Waals surface area contributed by atoms with Gasteiger partial charge in [-0.25, -0.2) is 0 Å². The van der Waals surface area contributed by atoms with Crippen molar-refractivity contribution in [3.05, 3.63) is 69.3 Å². The highest BCUT2D eigenvalue weighted by atomic mass is 16.6.